The number of esters is 3. The summed E-state index contributed by atoms with van der Waals surface area (Å²) in [6.45, 7) is 8.31. The first kappa shape index (κ1) is 40.4. The summed E-state index contributed by atoms with van der Waals surface area (Å²) in [5.41, 5.74) is 2.33. The number of carbonyl (C=O) groups is 3. The van der Waals surface area contributed by atoms with E-state index >= 15 is 0 Å². The van der Waals surface area contributed by atoms with Gasteiger partial charge in [-0.3, -0.25) is 0 Å². The molecule has 51 heavy (non-hydrogen) atoms. The molecule has 0 spiro atoms. The summed E-state index contributed by atoms with van der Waals surface area (Å²) in [5.74, 6) is 0.131. The van der Waals surface area contributed by atoms with Crippen LogP contribution in [0.1, 0.15) is 36.0 Å². The second-order valence-corrected chi connectivity index (χ2v) is 11.2. The summed E-state index contributed by atoms with van der Waals surface area (Å²) in [4.78, 5) is 34.7. The molecular weight excluding hydrogens is 660 g/mol. The van der Waals surface area contributed by atoms with Gasteiger partial charge in [-0.05, 0) is 85.3 Å². The molecule has 3 aromatic rings. The molecule has 0 radical (unpaired) electrons. The minimum Gasteiger partial charge on any atom is -0.494 e. The first-order chi connectivity index (χ1) is 24.8. The maximum absolute atomic E-state index is 12.7. The van der Waals surface area contributed by atoms with Crippen LogP contribution in [-0.4, -0.2) is 93.2 Å². The van der Waals surface area contributed by atoms with Gasteiger partial charge in [0.25, 0.3) is 0 Å². The van der Waals surface area contributed by atoms with E-state index in [9.17, 15) is 24.6 Å². The number of aliphatic hydroxyl groups is 2. The van der Waals surface area contributed by atoms with Gasteiger partial charge in [-0.15, -0.1) is 0 Å². The largest absolute Gasteiger partial charge is 0.494 e. The highest BCUT2D eigenvalue weighted by Crippen LogP contribution is 2.25. The van der Waals surface area contributed by atoms with Crippen LogP contribution in [0.5, 0.6) is 17.2 Å². The van der Waals surface area contributed by atoms with Crippen LogP contribution < -0.4 is 14.2 Å². The highest BCUT2D eigenvalue weighted by Gasteiger charge is 2.11. The normalized spacial score (nSPS) is 11.9. The van der Waals surface area contributed by atoms with E-state index in [1.54, 1.807) is 36.4 Å². The fraction of sp³-hybridized carbons (Fsp3) is 0.359. The van der Waals surface area contributed by atoms with Crippen molar-refractivity contribution < 1.29 is 57.8 Å². The predicted molar refractivity (Wildman–Crippen MR) is 189 cm³/mol. The van der Waals surface area contributed by atoms with Gasteiger partial charge in [-0.25, -0.2) is 14.4 Å². The Morgan fingerprint density at radius 2 is 0.941 bits per heavy atom. The number of hydrogen-bond donors (Lipinski definition) is 2. The van der Waals surface area contributed by atoms with Gasteiger partial charge in [0.1, 0.15) is 42.7 Å². The van der Waals surface area contributed by atoms with E-state index < -0.39 is 30.1 Å². The van der Waals surface area contributed by atoms with Gasteiger partial charge >= 0.3 is 17.9 Å². The molecule has 12 heteroatoms. The number of benzene rings is 3. The molecule has 2 N–H and O–H groups in total. The molecule has 274 valence electrons. The van der Waals surface area contributed by atoms with Crippen LogP contribution in [-0.2, 0) is 28.5 Å². The van der Waals surface area contributed by atoms with Crippen molar-refractivity contribution in [1.82, 2.24) is 0 Å². The molecule has 3 rings (SSSR count). The van der Waals surface area contributed by atoms with E-state index in [1.807, 2.05) is 36.4 Å². The summed E-state index contributed by atoms with van der Waals surface area (Å²) in [5, 5.41) is 19.4. The molecule has 0 amide bonds. The smallest absolute Gasteiger partial charge is 0.343 e. The second kappa shape index (κ2) is 23.4. The third kappa shape index (κ3) is 16.5. The van der Waals surface area contributed by atoms with Gasteiger partial charge in [0, 0.05) is 25.4 Å². The van der Waals surface area contributed by atoms with E-state index in [0.29, 0.717) is 43.5 Å². The van der Waals surface area contributed by atoms with Gasteiger partial charge < -0.3 is 43.4 Å². The maximum Gasteiger partial charge on any atom is 0.343 e. The van der Waals surface area contributed by atoms with Crippen molar-refractivity contribution in [3.05, 3.63) is 104 Å². The Labute approximate surface area is 298 Å². The van der Waals surface area contributed by atoms with Crippen LogP contribution in [0, 0.1) is 0 Å². The summed E-state index contributed by atoms with van der Waals surface area (Å²) in [7, 11) is 0. The summed E-state index contributed by atoms with van der Waals surface area (Å²) < 4.78 is 37.4. The van der Waals surface area contributed by atoms with Crippen molar-refractivity contribution in [3.8, 4) is 28.4 Å². The van der Waals surface area contributed by atoms with E-state index in [0.717, 1.165) is 54.7 Å². The Morgan fingerprint density at radius 1 is 0.549 bits per heavy atom. The van der Waals surface area contributed by atoms with Gasteiger partial charge in [0.05, 0.1) is 32.0 Å². The molecule has 0 bridgehead atoms. The average Bonchev–Trinajstić information content (AvgIpc) is 3.15. The van der Waals surface area contributed by atoms with Crippen LogP contribution in [0.15, 0.2) is 98.1 Å². The first-order valence-corrected chi connectivity index (χ1v) is 16.7. The Kier molecular flexibility index (Phi) is 18.5. The number of rotatable bonds is 25. The molecule has 12 nitrogen and oxygen atoms in total. The summed E-state index contributed by atoms with van der Waals surface area (Å²) >= 11 is 0. The molecule has 0 aliphatic carbocycles. The highest BCUT2D eigenvalue weighted by molar-refractivity contribution is 5.91. The van der Waals surface area contributed by atoms with Gasteiger partial charge in [-0.2, -0.15) is 0 Å². The van der Waals surface area contributed by atoms with Crippen molar-refractivity contribution in [2.24, 2.45) is 0 Å². The second-order valence-electron chi connectivity index (χ2n) is 11.2. The zero-order chi connectivity index (χ0) is 36.7. The topological polar surface area (TPSA) is 156 Å². The third-order valence-electron chi connectivity index (χ3n) is 7.04. The lowest BCUT2D eigenvalue weighted by molar-refractivity contribution is -0.142. The summed E-state index contributed by atoms with van der Waals surface area (Å²) in [6, 6.07) is 21.7. The van der Waals surface area contributed by atoms with Crippen molar-refractivity contribution >= 4 is 17.9 Å². The van der Waals surface area contributed by atoms with Crippen molar-refractivity contribution in [1.29, 1.82) is 0 Å². The van der Waals surface area contributed by atoms with Crippen molar-refractivity contribution in [3.63, 3.8) is 0 Å². The molecule has 2 atom stereocenters. The zero-order valence-electron chi connectivity index (χ0n) is 28.6. The molecule has 3 aromatic carbocycles. The lowest BCUT2D eigenvalue weighted by Gasteiger charge is -2.11. The summed E-state index contributed by atoms with van der Waals surface area (Å²) in [6.07, 6.45) is 3.27. The molecule has 0 heterocycles. The van der Waals surface area contributed by atoms with Crippen LogP contribution >= 0.6 is 0 Å². The van der Waals surface area contributed by atoms with E-state index in [2.05, 4.69) is 13.2 Å². The average molecular weight is 707 g/mol. The molecule has 2 unspecified atom stereocenters. The first-order valence-electron chi connectivity index (χ1n) is 16.7. The number of hydrogen-bond acceptors (Lipinski definition) is 12. The SMILES string of the molecule is C=CC(=O)OCC(O)COCCCCOc1ccc(C(=O)Oc2ccc(-c3ccc(OCCCCOCC(O)COC(=O)C=C)cc3)cc2)cc1. The standard InChI is InChI=1S/C39H46O12/c1-3-37(42)49-27-32(40)25-45-21-5-7-23-47-34-15-9-29(10-16-34)30-11-19-36(20-12-30)51-39(44)31-13-17-35(18-14-31)48-24-8-6-22-46-26-33(41)28-50-38(43)4-2/h3-4,9-20,32-33,40-41H,1-2,5-8,21-28H2. The molecule has 0 aliphatic rings. The van der Waals surface area contributed by atoms with Gasteiger partial charge in [0.15, 0.2) is 0 Å². The van der Waals surface area contributed by atoms with Crippen LogP contribution in [0.25, 0.3) is 11.1 Å². The highest BCUT2D eigenvalue weighted by atomic mass is 16.6. The van der Waals surface area contributed by atoms with Crippen LogP contribution in [0.3, 0.4) is 0 Å². The fourth-order valence-electron chi connectivity index (χ4n) is 4.31. The van der Waals surface area contributed by atoms with Gasteiger partial charge in [0.2, 0.25) is 0 Å². The molecule has 0 aliphatic heterocycles. The number of ether oxygens (including phenoxy) is 7. The quantitative estimate of drug-likeness (QED) is 0.0521. The minimum absolute atomic E-state index is 0.0634. The molecule has 0 fully saturated rings. The molecule has 0 aromatic heterocycles. The zero-order valence-corrected chi connectivity index (χ0v) is 28.6. The lowest BCUT2D eigenvalue weighted by Crippen LogP contribution is -2.23. The fourth-order valence-corrected chi connectivity index (χ4v) is 4.31. The number of carbonyl (C=O) groups excluding carboxylic acids is 3. The van der Waals surface area contributed by atoms with E-state index in [4.69, 9.17) is 33.2 Å². The number of aliphatic hydroxyl groups excluding tert-OH is 2. The lowest BCUT2D eigenvalue weighted by atomic mass is 10.1. The maximum atomic E-state index is 12.7. The van der Waals surface area contributed by atoms with Gasteiger partial charge in [-0.1, -0.05) is 37.4 Å². The minimum atomic E-state index is -0.893. The van der Waals surface area contributed by atoms with Crippen molar-refractivity contribution in [2.75, 3.05) is 52.9 Å². The molecule has 0 saturated heterocycles. The Morgan fingerprint density at radius 3 is 1.37 bits per heavy atom. The monoisotopic (exact) mass is 706 g/mol. The van der Waals surface area contributed by atoms with E-state index in [1.165, 1.54) is 0 Å². The number of unbranched alkanes of at least 4 members (excludes halogenated alkanes) is 2. The molecular formula is C39H46O12. The third-order valence-corrected chi connectivity index (χ3v) is 7.04. The Bertz CT molecular complexity index is 1490. The van der Waals surface area contributed by atoms with E-state index in [-0.39, 0.29) is 26.4 Å². The predicted octanol–water partition coefficient (Wildman–Crippen LogP) is 5.10. The Hall–Kier alpha value is -5.01. The van der Waals surface area contributed by atoms with Crippen molar-refractivity contribution in [2.45, 2.75) is 37.9 Å². The Balaban J connectivity index is 1.28. The van der Waals surface area contributed by atoms with Crippen LogP contribution in [0.4, 0.5) is 0 Å². The molecule has 0 saturated carbocycles. The van der Waals surface area contributed by atoms with Crippen LogP contribution in [0.2, 0.25) is 0 Å².